The number of piperidine rings is 1. The lowest BCUT2D eigenvalue weighted by Gasteiger charge is -2.32. The second-order valence-corrected chi connectivity index (χ2v) is 7.21. The van der Waals surface area contributed by atoms with Gasteiger partial charge in [-0.05, 0) is 31.4 Å². The van der Waals surface area contributed by atoms with E-state index in [1.165, 1.54) is 12.4 Å². The van der Waals surface area contributed by atoms with Crippen LogP contribution in [0.15, 0.2) is 41.5 Å². The average Bonchev–Trinajstić information content (AvgIpc) is 2.73. The number of anilines is 2. The molecule has 0 bridgehead atoms. The number of H-pyrrole nitrogens is 1. The molecule has 3 rings (SSSR count). The van der Waals surface area contributed by atoms with Crippen LogP contribution in [0.1, 0.15) is 32.3 Å². The Kier molecular flexibility index (Phi) is 6.64. The molecule has 2 amide bonds. The van der Waals surface area contributed by atoms with Crippen LogP contribution in [0.2, 0.25) is 0 Å². The lowest BCUT2D eigenvalue weighted by molar-refractivity contribution is -0.129. The highest BCUT2D eigenvalue weighted by molar-refractivity contribution is 5.93. The minimum atomic E-state index is -0.182. The Morgan fingerprint density at radius 1 is 1.28 bits per heavy atom. The van der Waals surface area contributed by atoms with Crippen LogP contribution >= 0.6 is 0 Å². The summed E-state index contributed by atoms with van der Waals surface area (Å²) in [7, 11) is 0. The molecular formula is C21H27N5O3. The number of hydrogen-bond acceptors (Lipinski definition) is 5. The number of aromatic nitrogens is 2. The van der Waals surface area contributed by atoms with E-state index in [9.17, 15) is 14.4 Å². The zero-order valence-corrected chi connectivity index (χ0v) is 16.9. The lowest BCUT2D eigenvalue weighted by Crippen LogP contribution is -2.39. The molecular weight excluding hydrogens is 370 g/mol. The van der Waals surface area contributed by atoms with Gasteiger partial charge < -0.3 is 20.1 Å². The minimum absolute atomic E-state index is 0.00867. The van der Waals surface area contributed by atoms with Crippen molar-refractivity contribution in [3.05, 3.63) is 52.6 Å². The van der Waals surface area contributed by atoms with Crippen LogP contribution in [0.4, 0.5) is 11.5 Å². The summed E-state index contributed by atoms with van der Waals surface area (Å²) in [6.45, 7) is 5.91. The molecule has 2 N–H and O–H groups in total. The molecule has 154 valence electrons. The van der Waals surface area contributed by atoms with Crippen molar-refractivity contribution in [1.29, 1.82) is 0 Å². The molecule has 1 aromatic carbocycles. The number of para-hydroxylation sites is 1. The predicted octanol–water partition coefficient (Wildman–Crippen LogP) is 1.99. The number of aromatic amines is 1. The van der Waals surface area contributed by atoms with Crippen molar-refractivity contribution in [3.8, 4) is 0 Å². The first kappa shape index (κ1) is 20.6. The van der Waals surface area contributed by atoms with Gasteiger partial charge in [0.05, 0.1) is 6.33 Å². The van der Waals surface area contributed by atoms with Crippen LogP contribution in [-0.2, 0) is 16.1 Å². The van der Waals surface area contributed by atoms with Crippen molar-refractivity contribution in [3.63, 3.8) is 0 Å². The number of carbonyl (C=O) groups is 2. The molecule has 2 aromatic rings. The van der Waals surface area contributed by atoms with Gasteiger partial charge in [-0.2, -0.15) is 0 Å². The Morgan fingerprint density at radius 3 is 2.66 bits per heavy atom. The van der Waals surface area contributed by atoms with E-state index in [1.807, 2.05) is 36.1 Å². The van der Waals surface area contributed by atoms with E-state index in [1.54, 1.807) is 11.8 Å². The van der Waals surface area contributed by atoms with Gasteiger partial charge in [0.2, 0.25) is 11.8 Å². The van der Waals surface area contributed by atoms with Gasteiger partial charge >= 0.3 is 0 Å². The first-order valence-electron chi connectivity index (χ1n) is 9.92. The average molecular weight is 397 g/mol. The second kappa shape index (κ2) is 9.36. The molecule has 1 saturated heterocycles. The van der Waals surface area contributed by atoms with Crippen molar-refractivity contribution in [2.45, 2.75) is 33.2 Å². The monoisotopic (exact) mass is 397 g/mol. The van der Waals surface area contributed by atoms with Crippen LogP contribution < -0.4 is 15.8 Å². The van der Waals surface area contributed by atoms with Gasteiger partial charge in [0.15, 0.2) is 0 Å². The predicted molar refractivity (Wildman–Crippen MR) is 112 cm³/mol. The topological polar surface area (TPSA) is 98.4 Å². The number of hydrogen-bond donors (Lipinski definition) is 2. The van der Waals surface area contributed by atoms with E-state index in [2.05, 4.69) is 15.3 Å². The fraction of sp³-hybridized carbons (Fsp3) is 0.429. The second-order valence-electron chi connectivity index (χ2n) is 7.21. The third-order valence-electron chi connectivity index (χ3n) is 5.32. The van der Waals surface area contributed by atoms with Crippen LogP contribution in [0, 0.1) is 5.92 Å². The summed E-state index contributed by atoms with van der Waals surface area (Å²) in [6.07, 6.45) is 2.78. The number of benzene rings is 1. The van der Waals surface area contributed by atoms with Crippen LogP contribution in [0.25, 0.3) is 0 Å². The number of nitrogens with one attached hydrogen (secondary N) is 2. The van der Waals surface area contributed by atoms with Crippen LogP contribution in [0.5, 0.6) is 0 Å². The smallest absolute Gasteiger partial charge is 0.252 e. The molecule has 0 unspecified atom stereocenters. The highest BCUT2D eigenvalue weighted by atomic mass is 16.2. The van der Waals surface area contributed by atoms with Gasteiger partial charge in [0.1, 0.15) is 5.82 Å². The molecule has 0 saturated carbocycles. The zero-order valence-electron chi connectivity index (χ0n) is 16.9. The number of rotatable bonds is 6. The summed E-state index contributed by atoms with van der Waals surface area (Å²) >= 11 is 0. The van der Waals surface area contributed by atoms with Gasteiger partial charge in [-0.15, -0.1) is 0 Å². The molecule has 0 spiro atoms. The van der Waals surface area contributed by atoms with Crippen molar-refractivity contribution in [1.82, 2.24) is 14.9 Å². The van der Waals surface area contributed by atoms with Crippen molar-refractivity contribution in [2.75, 3.05) is 29.9 Å². The fourth-order valence-corrected chi connectivity index (χ4v) is 3.57. The van der Waals surface area contributed by atoms with E-state index < -0.39 is 0 Å². The van der Waals surface area contributed by atoms with Crippen molar-refractivity contribution < 1.29 is 9.59 Å². The van der Waals surface area contributed by atoms with E-state index >= 15 is 0 Å². The Balaban J connectivity index is 1.61. The molecule has 0 aliphatic carbocycles. The highest BCUT2D eigenvalue weighted by Gasteiger charge is 2.26. The Morgan fingerprint density at radius 2 is 2.00 bits per heavy atom. The summed E-state index contributed by atoms with van der Waals surface area (Å²) in [5.74, 6) is 0.537. The molecule has 0 atom stereocenters. The molecule has 1 fully saturated rings. The maximum Gasteiger partial charge on any atom is 0.252 e. The van der Waals surface area contributed by atoms with Gasteiger partial charge in [0.25, 0.3) is 5.56 Å². The first-order valence-corrected chi connectivity index (χ1v) is 9.92. The molecule has 1 aliphatic rings. The fourth-order valence-electron chi connectivity index (χ4n) is 3.57. The highest BCUT2D eigenvalue weighted by Crippen LogP contribution is 2.24. The third kappa shape index (κ3) is 5.22. The molecule has 29 heavy (non-hydrogen) atoms. The molecule has 2 heterocycles. The SMILES string of the molecule is CCN(Cc1ccccc1NC(=O)C1CCN(c2cc(=O)[nH]cn2)CC1)C(C)=O. The van der Waals surface area contributed by atoms with E-state index in [0.717, 1.165) is 11.3 Å². The molecule has 8 nitrogen and oxygen atoms in total. The molecule has 1 aromatic heterocycles. The molecule has 0 radical (unpaired) electrons. The van der Waals surface area contributed by atoms with Crippen molar-refractivity contribution in [2.24, 2.45) is 5.92 Å². The maximum absolute atomic E-state index is 12.8. The van der Waals surface area contributed by atoms with E-state index in [-0.39, 0.29) is 23.3 Å². The van der Waals surface area contributed by atoms with Crippen LogP contribution in [0.3, 0.4) is 0 Å². The Hall–Kier alpha value is -3.16. The lowest BCUT2D eigenvalue weighted by atomic mass is 9.95. The normalized spacial score (nSPS) is 14.5. The summed E-state index contributed by atoms with van der Waals surface area (Å²) in [5, 5.41) is 3.05. The third-order valence-corrected chi connectivity index (χ3v) is 5.32. The summed E-state index contributed by atoms with van der Waals surface area (Å²) in [6, 6.07) is 9.07. The Labute approximate surface area is 169 Å². The quantitative estimate of drug-likeness (QED) is 0.777. The van der Waals surface area contributed by atoms with E-state index in [4.69, 9.17) is 0 Å². The van der Waals surface area contributed by atoms with Gasteiger partial charge in [0, 0.05) is 50.8 Å². The zero-order chi connectivity index (χ0) is 20.8. The van der Waals surface area contributed by atoms with Gasteiger partial charge in [-0.25, -0.2) is 4.98 Å². The maximum atomic E-state index is 12.8. The summed E-state index contributed by atoms with van der Waals surface area (Å²) in [5.41, 5.74) is 1.48. The largest absolute Gasteiger partial charge is 0.356 e. The Bertz CT molecular complexity index is 918. The standard InChI is InChI=1S/C21H27N5O3/c1-3-25(15(2)27)13-17-6-4-5-7-18(17)24-21(29)16-8-10-26(11-9-16)19-12-20(28)23-14-22-19/h4-7,12,14,16H,3,8-11,13H2,1-2H3,(H,24,29)(H,22,23,28). The number of carbonyl (C=O) groups excluding carboxylic acids is 2. The van der Waals surface area contributed by atoms with Gasteiger partial charge in [-0.3, -0.25) is 14.4 Å². The molecule has 1 aliphatic heterocycles. The van der Waals surface area contributed by atoms with Gasteiger partial charge in [-0.1, -0.05) is 18.2 Å². The van der Waals surface area contributed by atoms with Crippen LogP contribution in [-0.4, -0.2) is 46.3 Å². The summed E-state index contributed by atoms with van der Waals surface area (Å²) < 4.78 is 0. The number of nitrogens with zero attached hydrogens (tertiary/aromatic N) is 3. The first-order chi connectivity index (χ1) is 14.0. The van der Waals surface area contributed by atoms with Crippen molar-refractivity contribution >= 4 is 23.3 Å². The van der Waals surface area contributed by atoms with E-state index in [0.29, 0.717) is 44.8 Å². The number of amides is 2. The minimum Gasteiger partial charge on any atom is -0.356 e. The summed E-state index contributed by atoms with van der Waals surface area (Å²) in [4.78, 5) is 46.5. The molecule has 8 heteroatoms.